The molecule has 0 aliphatic heterocycles. The topological polar surface area (TPSA) is 20.2 Å². The molecule has 1 aromatic rings. The third kappa shape index (κ3) is 1.10. The summed E-state index contributed by atoms with van der Waals surface area (Å²) in [4.78, 5) is -0.920. The van der Waals surface area contributed by atoms with Crippen molar-refractivity contribution in [1.29, 1.82) is 0 Å². The first kappa shape index (κ1) is 6.21. The van der Waals surface area contributed by atoms with E-state index in [1.54, 1.807) is 0 Å². The highest BCUT2D eigenvalue weighted by atomic mass is 79.9. The first-order valence-electron chi connectivity index (χ1n) is 4.06. The summed E-state index contributed by atoms with van der Waals surface area (Å²) in [7, 11) is 0. The van der Waals surface area contributed by atoms with Gasteiger partial charge in [0.1, 0.15) is 0 Å². The Hall–Kier alpha value is -0.340. The smallest absolute Gasteiger partial charge is 0.0920 e. The van der Waals surface area contributed by atoms with E-state index in [0.717, 1.165) is 11.1 Å². The zero-order valence-corrected chi connectivity index (χ0v) is 7.51. The van der Waals surface area contributed by atoms with Crippen LogP contribution in [0.2, 0.25) is 0 Å². The van der Waals surface area contributed by atoms with Gasteiger partial charge in [-0.3, -0.25) is 0 Å². The SMILES string of the molecule is [2H][C@@]1(Br)Cc2ccccc2[C@H]1O. The van der Waals surface area contributed by atoms with Gasteiger partial charge in [-0.25, -0.2) is 0 Å². The van der Waals surface area contributed by atoms with Crippen molar-refractivity contribution in [2.24, 2.45) is 0 Å². The highest BCUT2D eigenvalue weighted by molar-refractivity contribution is 9.09. The number of halogens is 1. The predicted molar refractivity (Wildman–Crippen MR) is 47.8 cm³/mol. The van der Waals surface area contributed by atoms with E-state index in [2.05, 4.69) is 15.9 Å². The van der Waals surface area contributed by atoms with E-state index in [4.69, 9.17) is 1.37 Å². The van der Waals surface area contributed by atoms with Crippen molar-refractivity contribution >= 4 is 15.9 Å². The van der Waals surface area contributed by atoms with Crippen LogP contribution in [0.4, 0.5) is 0 Å². The molecule has 58 valence electrons. The number of fused-ring (bicyclic) bond motifs is 1. The Morgan fingerprint density at radius 2 is 2.27 bits per heavy atom. The van der Waals surface area contributed by atoms with Crippen LogP contribution in [-0.2, 0) is 6.42 Å². The molecule has 1 nitrogen and oxygen atoms in total. The average molecular weight is 214 g/mol. The third-order valence-electron chi connectivity index (χ3n) is 2.01. The van der Waals surface area contributed by atoms with Crippen LogP contribution in [0.1, 0.15) is 18.6 Å². The zero-order chi connectivity index (χ0) is 8.77. The molecule has 0 amide bonds. The molecule has 0 spiro atoms. The summed E-state index contributed by atoms with van der Waals surface area (Å²) in [5.74, 6) is 0. The number of hydrogen-bond acceptors (Lipinski definition) is 1. The second kappa shape index (κ2) is 2.61. The Labute approximate surface area is 75.6 Å². The average Bonchev–Trinajstić information content (AvgIpc) is 2.24. The van der Waals surface area contributed by atoms with Gasteiger partial charge in [-0.1, -0.05) is 40.2 Å². The minimum Gasteiger partial charge on any atom is -0.387 e. The molecule has 1 aliphatic carbocycles. The highest BCUT2D eigenvalue weighted by Gasteiger charge is 2.27. The quantitative estimate of drug-likeness (QED) is 0.655. The van der Waals surface area contributed by atoms with E-state index < -0.39 is 10.9 Å². The van der Waals surface area contributed by atoms with Crippen molar-refractivity contribution in [2.45, 2.75) is 17.3 Å². The molecule has 0 saturated heterocycles. The van der Waals surface area contributed by atoms with Crippen LogP contribution in [-0.4, -0.2) is 9.91 Å². The number of aliphatic hydroxyl groups excluding tert-OH is 1. The lowest BCUT2D eigenvalue weighted by Gasteiger charge is -2.05. The van der Waals surface area contributed by atoms with Gasteiger partial charge in [0.25, 0.3) is 0 Å². The molecule has 1 N–H and O–H groups in total. The summed E-state index contributed by atoms with van der Waals surface area (Å²) >= 11 is 3.21. The molecule has 2 rings (SSSR count). The van der Waals surface area contributed by atoms with E-state index in [-0.39, 0.29) is 0 Å². The van der Waals surface area contributed by atoms with Crippen LogP contribution < -0.4 is 0 Å². The van der Waals surface area contributed by atoms with Crippen molar-refractivity contribution < 1.29 is 6.48 Å². The van der Waals surface area contributed by atoms with Crippen LogP contribution in [0.15, 0.2) is 24.3 Å². The number of rotatable bonds is 0. The summed E-state index contributed by atoms with van der Waals surface area (Å²) < 4.78 is 7.74. The first-order valence-corrected chi connectivity index (χ1v) is 4.35. The number of aliphatic hydroxyl groups is 1. The molecule has 0 saturated carbocycles. The van der Waals surface area contributed by atoms with Crippen LogP contribution in [0.3, 0.4) is 0 Å². The largest absolute Gasteiger partial charge is 0.387 e. The van der Waals surface area contributed by atoms with Crippen LogP contribution >= 0.6 is 15.9 Å². The highest BCUT2D eigenvalue weighted by Crippen LogP contribution is 2.35. The molecule has 0 heterocycles. The fourth-order valence-corrected chi connectivity index (χ4v) is 1.96. The number of hydrogen-bond donors (Lipinski definition) is 1. The van der Waals surface area contributed by atoms with Gasteiger partial charge in [0, 0.05) is 6.17 Å². The fourth-order valence-electron chi connectivity index (χ4n) is 1.41. The maximum Gasteiger partial charge on any atom is 0.0920 e. The number of alkyl halides is 1. The van der Waals surface area contributed by atoms with Gasteiger partial charge < -0.3 is 5.11 Å². The second-order valence-electron chi connectivity index (χ2n) is 2.72. The molecule has 0 fully saturated rings. The lowest BCUT2D eigenvalue weighted by atomic mass is 10.1. The monoisotopic (exact) mass is 213 g/mol. The molecule has 11 heavy (non-hydrogen) atoms. The summed E-state index contributed by atoms with van der Waals surface area (Å²) in [6, 6.07) is 7.64. The maximum atomic E-state index is 9.67. The standard InChI is InChI=1S/C9H9BrO/c10-8-5-6-3-1-2-4-7(6)9(8)11/h1-4,8-9,11H,5H2/t8-,9-/m1/s1/i8D. The van der Waals surface area contributed by atoms with Crippen molar-refractivity contribution in [3.05, 3.63) is 35.4 Å². The van der Waals surface area contributed by atoms with E-state index in [1.165, 1.54) is 0 Å². The summed E-state index contributed by atoms with van der Waals surface area (Å²) in [6.45, 7) is 0. The minimum absolute atomic E-state index is 0.574. The third-order valence-corrected chi connectivity index (χ3v) is 2.72. The lowest BCUT2D eigenvalue weighted by molar-refractivity contribution is 0.187. The molecule has 2 atom stereocenters. The van der Waals surface area contributed by atoms with Crippen molar-refractivity contribution in [3.8, 4) is 0 Å². The molecule has 0 radical (unpaired) electrons. The van der Waals surface area contributed by atoms with Crippen molar-refractivity contribution in [2.75, 3.05) is 0 Å². The van der Waals surface area contributed by atoms with Gasteiger partial charge in [-0.05, 0) is 17.5 Å². The Kier molecular flexibility index (Phi) is 1.47. The Balaban J connectivity index is 2.49. The zero-order valence-electron chi connectivity index (χ0n) is 6.92. The van der Waals surface area contributed by atoms with Gasteiger partial charge in [-0.2, -0.15) is 0 Å². The van der Waals surface area contributed by atoms with Gasteiger partial charge in [0.05, 0.1) is 6.10 Å². The maximum absolute atomic E-state index is 9.67. The second-order valence-corrected chi connectivity index (χ2v) is 3.74. The molecule has 0 aromatic heterocycles. The molecule has 2 heteroatoms. The normalized spacial score (nSPS) is 36.5. The predicted octanol–water partition coefficient (Wildman–Crippen LogP) is 2.04. The molecular weight excluding hydrogens is 204 g/mol. The minimum atomic E-state index is -0.920. The van der Waals surface area contributed by atoms with Gasteiger partial charge in [0.15, 0.2) is 0 Å². The van der Waals surface area contributed by atoms with Crippen molar-refractivity contribution in [1.82, 2.24) is 0 Å². The Morgan fingerprint density at radius 3 is 3.00 bits per heavy atom. The molecule has 0 bridgehead atoms. The Bertz CT molecular complexity index is 311. The summed E-state index contributed by atoms with van der Waals surface area (Å²) in [5.41, 5.74) is 1.95. The van der Waals surface area contributed by atoms with Crippen molar-refractivity contribution in [3.63, 3.8) is 0 Å². The van der Waals surface area contributed by atoms with E-state index in [0.29, 0.717) is 6.42 Å². The van der Waals surface area contributed by atoms with Crippen LogP contribution in [0, 0.1) is 0 Å². The molecular formula is C9H9BrO. The van der Waals surface area contributed by atoms with Crippen LogP contribution in [0.25, 0.3) is 0 Å². The fraction of sp³-hybridized carbons (Fsp3) is 0.333. The van der Waals surface area contributed by atoms with Crippen LogP contribution in [0.5, 0.6) is 0 Å². The first-order chi connectivity index (χ1) is 5.61. The Morgan fingerprint density at radius 1 is 1.55 bits per heavy atom. The molecule has 0 unspecified atom stereocenters. The van der Waals surface area contributed by atoms with E-state index in [1.807, 2.05) is 24.3 Å². The molecule has 1 aromatic carbocycles. The van der Waals surface area contributed by atoms with Gasteiger partial charge >= 0.3 is 0 Å². The van der Waals surface area contributed by atoms with E-state index >= 15 is 0 Å². The van der Waals surface area contributed by atoms with E-state index in [9.17, 15) is 5.11 Å². The lowest BCUT2D eigenvalue weighted by Crippen LogP contribution is -2.03. The summed E-state index contributed by atoms with van der Waals surface area (Å²) in [5, 5.41) is 9.67. The molecule has 1 aliphatic rings. The van der Waals surface area contributed by atoms with Gasteiger partial charge in [-0.15, -0.1) is 0 Å². The summed E-state index contributed by atoms with van der Waals surface area (Å²) in [6.07, 6.45) is -0.127. The number of benzene rings is 1. The van der Waals surface area contributed by atoms with Gasteiger partial charge in [0.2, 0.25) is 0 Å².